The Morgan fingerprint density at radius 3 is 1.66 bits per heavy atom. The highest BCUT2D eigenvalue weighted by Gasteiger charge is 2.24. The van der Waals surface area contributed by atoms with E-state index in [0.717, 1.165) is 52.1 Å². The average molecular weight is 677 g/mol. The Morgan fingerprint density at radius 1 is 0.472 bits per heavy atom. The molecule has 248 valence electrons. The molecule has 0 spiro atoms. The highest BCUT2D eigenvalue weighted by atomic mass is 15.0. The topological polar surface area (TPSA) is 38.6 Å². The summed E-state index contributed by atoms with van der Waals surface area (Å²) in [5.41, 5.74) is 14.9. The number of hydrogen-bond acceptors (Lipinski definition) is 1. The van der Waals surface area contributed by atoms with Gasteiger partial charge in [0.15, 0.2) is 0 Å². The van der Waals surface area contributed by atoms with E-state index in [1.807, 2.05) is 24.3 Å². The Hall–Kier alpha value is -7.09. The van der Waals surface area contributed by atoms with E-state index in [-0.39, 0.29) is 0 Å². The van der Waals surface area contributed by atoms with Gasteiger partial charge in [0, 0.05) is 43.9 Å². The third-order valence-electron chi connectivity index (χ3n) is 11.1. The van der Waals surface area contributed by atoms with Gasteiger partial charge < -0.3 is 13.7 Å². The minimum Gasteiger partial charge on any atom is -0.313 e. The molecule has 0 saturated heterocycles. The van der Waals surface area contributed by atoms with Crippen LogP contribution in [0.15, 0.2) is 164 Å². The Kier molecular flexibility index (Phi) is 6.41. The summed E-state index contributed by atoms with van der Waals surface area (Å²) in [4.78, 5) is 0. The van der Waals surface area contributed by atoms with Crippen molar-refractivity contribution < 1.29 is 0 Å². The fourth-order valence-corrected chi connectivity index (χ4v) is 8.83. The summed E-state index contributed by atoms with van der Waals surface area (Å²) in [5, 5.41) is 15.5. The van der Waals surface area contributed by atoms with Crippen LogP contribution in [0.3, 0.4) is 0 Å². The molecule has 0 atom stereocenters. The first-order chi connectivity index (χ1) is 26.3. The number of rotatable bonds is 4. The third-order valence-corrected chi connectivity index (χ3v) is 11.1. The molecule has 11 rings (SSSR count). The zero-order chi connectivity index (χ0) is 35.0. The number of nitrogens with zero attached hydrogens (tertiary/aromatic N) is 4. The monoisotopic (exact) mass is 676 g/mol. The molecule has 1 aliphatic carbocycles. The number of aromatic nitrogens is 3. The van der Waals surface area contributed by atoms with Gasteiger partial charge in [0.2, 0.25) is 0 Å². The summed E-state index contributed by atoms with van der Waals surface area (Å²) in [6, 6.07) is 59.0. The van der Waals surface area contributed by atoms with Gasteiger partial charge in [0.25, 0.3) is 0 Å². The molecule has 7 aromatic carbocycles. The molecule has 10 aromatic rings. The smallest absolute Gasteiger partial charge is 0.0991 e. The molecule has 0 N–H and O–H groups in total. The van der Waals surface area contributed by atoms with Crippen LogP contribution in [0.4, 0.5) is 0 Å². The second-order valence-electron chi connectivity index (χ2n) is 14.0. The molecule has 0 saturated carbocycles. The maximum Gasteiger partial charge on any atom is 0.0991 e. The largest absolute Gasteiger partial charge is 0.313 e. The van der Waals surface area contributed by atoms with Gasteiger partial charge in [-0.3, -0.25) is 0 Å². The van der Waals surface area contributed by atoms with Gasteiger partial charge in [-0.15, -0.1) is 0 Å². The van der Waals surface area contributed by atoms with E-state index in [1.54, 1.807) is 0 Å². The molecule has 3 heterocycles. The van der Waals surface area contributed by atoms with Crippen LogP contribution in [0.1, 0.15) is 23.2 Å². The second-order valence-corrected chi connectivity index (χ2v) is 14.0. The highest BCUT2D eigenvalue weighted by Crippen LogP contribution is 2.43. The van der Waals surface area contributed by atoms with Gasteiger partial charge in [-0.1, -0.05) is 109 Å². The number of para-hydroxylation sites is 4. The van der Waals surface area contributed by atoms with Crippen molar-refractivity contribution >= 4 is 60.6 Å². The van der Waals surface area contributed by atoms with Crippen molar-refractivity contribution in [2.45, 2.75) is 12.8 Å². The predicted octanol–water partition coefficient (Wildman–Crippen LogP) is 12.3. The van der Waals surface area contributed by atoms with Crippen molar-refractivity contribution in [3.8, 4) is 34.3 Å². The summed E-state index contributed by atoms with van der Waals surface area (Å²) >= 11 is 0. The molecular weight excluding hydrogens is 645 g/mol. The summed E-state index contributed by atoms with van der Waals surface area (Å²) in [5.74, 6) is 0. The Bertz CT molecular complexity index is 3110. The van der Waals surface area contributed by atoms with Crippen molar-refractivity contribution in [1.29, 1.82) is 5.26 Å². The standard InChI is InChI=1S/C49H32N4/c50-31-32-21-23-33(24-22-32)34-25-27-35(28-26-34)51-46-20-10-5-15-41(46)49-47(51)29-36(52-42-16-6-1-11-37(42)38-12-2-7-17-43(38)52)30-48(49)53-44-18-8-3-13-39(44)40-14-4-9-19-45(40)53/h1-6,8-16,18-30H,7,17H2. The van der Waals surface area contributed by atoms with Gasteiger partial charge in [-0.05, 0) is 84.6 Å². The first-order valence-electron chi connectivity index (χ1n) is 18.2. The third kappa shape index (κ3) is 4.35. The minimum atomic E-state index is 0.665. The van der Waals surface area contributed by atoms with Gasteiger partial charge >= 0.3 is 0 Å². The summed E-state index contributed by atoms with van der Waals surface area (Å²) in [6.07, 6.45) is 6.64. The Balaban J connectivity index is 1.26. The van der Waals surface area contributed by atoms with E-state index in [4.69, 9.17) is 0 Å². The number of fused-ring (bicyclic) bond motifs is 9. The molecule has 0 radical (unpaired) electrons. The quantitative estimate of drug-likeness (QED) is 0.183. The van der Waals surface area contributed by atoms with E-state index in [2.05, 4.69) is 165 Å². The molecule has 4 nitrogen and oxygen atoms in total. The molecule has 53 heavy (non-hydrogen) atoms. The van der Waals surface area contributed by atoms with Gasteiger partial charge in [0.1, 0.15) is 0 Å². The van der Waals surface area contributed by atoms with E-state index >= 15 is 0 Å². The first kappa shape index (κ1) is 29.6. The van der Waals surface area contributed by atoms with Crippen LogP contribution in [0.5, 0.6) is 0 Å². The second kappa shape index (κ2) is 11.5. The van der Waals surface area contributed by atoms with E-state index < -0.39 is 0 Å². The van der Waals surface area contributed by atoms with E-state index in [1.165, 1.54) is 54.7 Å². The van der Waals surface area contributed by atoms with E-state index in [0.29, 0.717) is 5.56 Å². The number of allylic oxidation sites excluding steroid dienone is 1. The lowest BCUT2D eigenvalue weighted by molar-refractivity contribution is 0.888. The molecule has 3 aromatic heterocycles. The molecule has 0 unspecified atom stereocenters. The lowest BCUT2D eigenvalue weighted by Gasteiger charge is -2.18. The average Bonchev–Trinajstić information content (AvgIpc) is 3.87. The van der Waals surface area contributed by atoms with Gasteiger partial charge in [-0.2, -0.15) is 5.26 Å². The fourth-order valence-electron chi connectivity index (χ4n) is 8.83. The van der Waals surface area contributed by atoms with Crippen LogP contribution >= 0.6 is 0 Å². The number of benzene rings is 7. The SMILES string of the molecule is N#Cc1ccc(-c2ccc(-n3c4ccccc4c4c(-n5c6ccccc6c6ccccc65)cc(-n5c6c(c7ccccc75)C=CCC6)cc43)cc2)cc1. The Labute approximate surface area is 306 Å². The fraction of sp³-hybridized carbons (Fsp3) is 0.0408. The van der Waals surface area contributed by atoms with Crippen LogP contribution in [0, 0.1) is 11.3 Å². The van der Waals surface area contributed by atoms with Crippen LogP contribution in [-0.4, -0.2) is 13.7 Å². The van der Waals surface area contributed by atoms with Crippen LogP contribution < -0.4 is 0 Å². The summed E-state index contributed by atoms with van der Waals surface area (Å²) < 4.78 is 7.44. The lowest BCUT2D eigenvalue weighted by atomic mass is 10.0. The lowest BCUT2D eigenvalue weighted by Crippen LogP contribution is -2.05. The molecule has 1 aliphatic rings. The Morgan fingerprint density at radius 2 is 1.02 bits per heavy atom. The maximum atomic E-state index is 9.33. The van der Waals surface area contributed by atoms with Crippen molar-refractivity contribution in [2.75, 3.05) is 0 Å². The van der Waals surface area contributed by atoms with Crippen LogP contribution in [0.25, 0.3) is 88.8 Å². The molecular formula is C49H32N4. The zero-order valence-corrected chi connectivity index (χ0v) is 28.9. The normalized spacial score (nSPS) is 12.7. The van der Waals surface area contributed by atoms with Crippen LogP contribution in [0.2, 0.25) is 0 Å². The van der Waals surface area contributed by atoms with E-state index in [9.17, 15) is 5.26 Å². The van der Waals surface area contributed by atoms with Gasteiger partial charge in [-0.25, -0.2) is 0 Å². The maximum absolute atomic E-state index is 9.33. The van der Waals surface area contributed by atoms with Crippen LogP contribution in [-0.2, 0) is 6.42 Å². The highest BCUT2D eigenvalue weighted by molar-refractivity contribution is 6.17. The predicted molar refractivity (Wildman–Crippen MR) is 219 cm³/mol. The number of nitriles is 1. The summed E-state index contributed by atoms with van der Waals surface area (Å²) in [7, 11) is 0. The zero-order valence-electron chi connectivity index (χ0n) is 28.9. The molecule has 0 amide bonds. The first-order valence-corrected chi connectivity index (χ1v) is 18.2. The van der Waals surface area contributed by atoms with Crippen molar-refractivity contribution in [2.24, 2.45) is 0 Å². The van der Waals surface area contributed by atoms with Crippen molar-refractivity contribution in [3.05, 3.63) is 181 Å². The van der Waals surface area contributed by atoms with Crippen molar-refractivity contribution in [3.63, 3.8) is 0 Å². The minimum absolute atomic E-state index is 0.665. The molecule has 0 fully saturated rings. The summed E-state index contributed by atoms with van der Waals surface area (Å²) in [6.45, 7) is 0. The van der Waals surface area contributed by atoms with Crippen molar-refractivity contribution in [1.82, 2.24) is 13.7 Å². The molecule has 4 heteroatoms. The van der Waals surface area contributed by atoms with Gasteiger partial charge in [0.05, 0.1) is 50.6 Å². The molecule has 0 aliphatic heterocycles. The molecule has 0 bridgehead atoms. The number of hydrogen-bond donors (Lipinski definition) is 0.